The fourth-order valence-electron chi connectivity index (χ4n) is 3.49. The zero-order valence-corrected chi connectivity index (χ0v) is 14.3. The molecular formula is C17H20ClN3O3. The van der Waals surface area contributed by atoms with Gasteiger partial charge in [-0.15, -0.1) is 0 Å². The van der Waals surface area contributed by atoms with Crippen molar-refractivity contribution in [2.24, 2.45) is 11.7 Å². The lowest BCUT2D eigenvalue weighted by molar-refractivity contribution is -0.124. The van der Waals surface area contributed by atoms with E-state index in [1.54, 1.807) is 25.1 Å². The number of primary amides is 1. The van der Waals surface area contributed by atoms with E-state index in [-0.39, 0.29) is 30.1 Å². The molecule has 3 rings (SSSR count). The van der Waals surface area contributed by atoms with Crippen LogP contribution in [0.15, 0.2) is 18.2 Å². The maximum absolute atomic E-state index is 12.8. The van der Waals surface area contributed by atoms with Gasteiger partial charge in [0.05, 0.1) is 18.2 Å². The quantitative estimate of drug-likeness (QED) is 0.838. The summed E-state index contributed by atoms with van der Waals surface area (Å²) in [4.78, 5) is 39.8. The molecule has 0 aromatic heterocycles. The number of imide groups is 1. The minimum absolute atomic E-state index is 0.139. The fourth-order valence-corrected chi connectivity index (χ4v) is 3.66. The lowest BCUT2D eigenvalue weighted by Gasteiger charge is -2.33. The highest BCUT2D eigenvalue weighted by Gasteiger charge is 2.44. The first-order chi connectivity index (χ1) is 11.4. The Balaban J connectivity index is 1.78. The van der Waals surface area contributed by atoms with Crippen molar-refractivity contribution < 1.29 is 14.4 Å². The molecule has 2 aliphatic rings. The van der Waals surface area contributed by atoms with Crippen molar-refractivity contribution in [2.45, 2.75) is 32.2 Å². The van der Waals surface area contributed by atoms with Gasteiger partial charge in [0.2, 0.25) is 11.8 Å². The second-order valence-corrected chi connectivity index (χ2v) is 6.79. The smallest absolute Gasteiger partial charge is 0.251 e. The summed E-state index contributed by atoms with van der Waals surface area (Å²) in [5.41, 5.74) is 6.61. The van der Waals surface area contributed by atoms with E-state index in [4.69, 9.17) is 17.3 Å². The number of hydrogen-bond acceptors (Lipinski definition) is 4. The summed E-state index contributed by atoms with van der Waals surface area (Å²) in [6, 6.07) is 4.73. The van der Waals surface area contributed by atoms with E-state index in [1.165, 1.54) is 4.90 Å². The number of amides is 3. The van der Waals surface area contributed by atoms with Crippen molar-refractivity contribution in [3.05, 3.63) is 28.8 Å². The van der Waals surface area contributed by atoms with Crippen LogP contribution < -0.4 is 10.6 Å². The second-order valence-electron chi connectivity index (χ2n) is 6.38. The second kappa shape index (κ2) is 6.53. The third-order valence-electron chi connectivity index (χ3n) is 4.98. The number of benzene rings is 1. The van der Waals surface area contributed by atoms with Crippen molar-refractivity contribution in [2.75, 3.05) is 18.0 Å². The van der Waals surface area contributed by atoms with Crippen LogP contribution >= 0.6 is 11.6 Å². The number of halogens is 1. The van der Waals surface area contributed by atoms with Crippen LogP contribution in [-0.4, -0.2) is 41.8 Å². The van der Waals surface area contributed by atoms with E-state index in [0.717, 1.165) is 0 Å². The van der Waals surface area contributed by atoms with E-state index >= 15 is 0 Å². The highest BCUT2D eigenvalue weighted by Crippen LogP contribution is 2.32. The zero-order valence-electron chi connectivity index (χ0n) is 13.5. The van der Waals surface area contributed by atoms with E-state index in [2.05, 4.69) is 0 Å². The zero-order chi connectivity index (χ0) is 17.4. The van der Waals surface area contributed by atoms with Gasteiger partial charge in [-0.05, 0) is 50.6 Å². The number of anilines is 1. The number of rotatable bonds is 3. The standard InChI is InChI=1S/C17H20ClN3O3/c1-10-12(18)3-2-4-13(10)21-15(22)9-14(17(21)24)20-7-5-11(6-8-20)16(19)23/h2-4,11,14H,5-9H2,1H3,(H2,19,23)/t14-/m1/s1. The summed E-state index contributed by atoms with van der Waals surface area (Å²) in [6.45, 7) is 2.99. The summed E-state index contributed by atoms with van der Waals surface area (Å²) in [6.07, 6.45) is 1.42. The molecule has 3 amide bonds. The lowest BCUT2D eigenvalue weighted by atomic mass is 9.95. The van der Waals surface area contributed by atoms with E-state index in [9.17, 15) is 14.4 Å². The van der Waals surface area contributed by atoms with Crippen molar-refractivity contribution in [1.29, 1.82) is 0 Å². The van der Waals surface area contributed by atoms with Gasteiger partial charge in [0.25, 0.3) is 5.91 Å². The summed E-state index contributed by atoms with van der Waals surface area (Å²) >= 11 is 6.11. The van der Waals surface area contributed by atoms with Gasteiger partial charge in [-0.25, -0.2) is 4.90 Å². The van der Waals surface area contributed by atoms with Crippen LogP contribution in [0.5, 0.6) is 0 Å². The molecule has 128 valence electrons. The van der Waals surface area contributed by atoms with Gasteiger partial charge in [0.15, 0.2) is 0 Å². The van der Waals surface area contributed by atoms with Crippen LogP contribution in [-0.2, 0) is 14.4 Å². The van der Waals surface area contributed by atoms with Crippen molar-refractivity contribution in [3.63, 3.8) is 0 Å². The minimum Gasteiger partial charge on any atom is -0.369 e. The number of nitrogens with zero attached hydrogens (tertiary/aromatic N) is 2. The SMILES string of the molecule is Cc1c(Cl)cccc1N1C(=O)C[C@@H](N2CCC(C(N)=O)CC2)C1=O. The largest absolute Gasteiger partial charge is 0.369 e. The molecule has 6 nitrogen and oxygen atoms in total. The van der Waals surface area contributed by atoms with E-state index in [0.29, 0.717) is 42.2 Å². The molecule has 1 aromatic carbocycles. The molecule has 24 heavy (non-hydrogen) atoms. The lowest BCUT2D eigenvalue weighted by Crippen LogP contribution is -2.47. The van der Waals surface area contributed by atoms with E-state index in [1.807, 2.05) is 4.90 Å². The molecule has 2 heterocycles. The highest BCUT2D eigenvalue weighted by atomic mass is 35.5. The molecule has 0 radical (unpaired) electrons. The van der Waals surface area contributed by atoms with Crippen molar-refractivity contribution in [3.8, 4) is 0 Å². The van der Waals surface area contributed by atoms with E-state index < -0.39 is 6.04 Å². The summed E-state index contributed by atoms with van der Waals surface area (Å²) in [5, 5.41) is 0.527. The Labute approximate surface area is 145 Å². The maximum Gasteiger partial charge on any atom is 0.251 e. The Hall–Kier alpha value is -1.92. The molecule has 1 aromatic rings. The van der Waals surface area contributed by atoms with Crippen LogP contribution in [0.25, 0.3) is 0 Å². The summed E-state index contributed by atoms with van der Waals surface area (Å²) in [5.74, 6) is -0.866. The molecule has 1 atom stereocenters. The Kier molecular flexibility index (Phi) is 4.60. The third kappa shape index (κ3) is 2.91. The molecule has 0 spiro atoms. The van der Waals surface area contributed by atoms with Crippen LogP contribution in [0.2, 0.25) is 5.02 Å². The van der Waals surface area contributed by atoms with Gasteiger partial charge in [-0.3, -0.25) is 19.3 Å². The first-order valence-corrected chi connectivity index (χ1v) is 8.43. The topological polar surface area (TPSA) is 83.7 Å². The molecule has 0 unspecified atom stereocenters. The van der Waals surface area contributed by atoms with Gasteiger partial charge in [0, 0.05) is 10.9 Å². The number of carbonyl (C=O) groups is 3. The average molecular weight is 350 g/mol. The van der Waals surface area contributed by atoms with Gasteiger partial charge < -0.3 is 5.73 Å². The first-order valence-electron chi connectivity index (χ1n) is 8.05. The average Bonchev–Trinajstić information content (AvgIpc) is 2.85. The van der Waals surface area contributed by atoms with Gasteiger partial charge >= 0.3 is 0 Å². The van der Waals surface area contributed by atoms with Crippen LogP contribution in [0.1, 0.15) is 24.8 Å². The van der Waals surface area contributed by atoms with Crippen molar-refractivity contribution >= 4 is 35.0 Å². The van der Waals surface area contributed by atoms with Crippen LogP contribution in [0.3, 0.4) is 0 Å². The molecule has 2 saturated heterocycles. The minimum atomic E-state index is -0.468. The van der Waals surface area contributed by atoms with Gasteiger partial charge in [-0.1, -0.05) is 17.7 Å². The molecule has 2 aliphatic heterocycles. The number of hydrogen-bond donors (Lipinski definition) is 1. The third-order valence-corrected chi connectivity index (χ3v) is 5.38. The predicted octanol–water partition coefficient (Wildman–Crippen LogP) is 1.48. The molecular weight excluding hydrogens is 330 g/mol. The highest BCUT2D eigenvalue weighted by molar-refractivity contribution is 6.32. The van der Waals surface area contributed by atoms with Crippen LogP contribution in [0, 0.1) is 12.8 Å². The van der Waals surface area contributed by atoms with Gasteiger partial charge in [0.1, 0.15) is 0 Å². The molecule has 0 aliphatic carbocycles. The van der Waals surface area contributed by atoms with Crippen LogP contribution in [0.4, 0.5) is 5.69 Å². The number of carbonyl (C=O) groups excluding carboxylic acids is 3. The number of piperidine rings is 1. The number of nitrogens with two attached hydrogens (primary N) is 1. The molecule has 0 bridgehead atoms. The summed E-state index contributed by atoms with van der Waals surface area (Å²) in [7, 11) is 0. The molecule has 7 heteroatoms. The molecule has 2 fully saturated rings. The Morgan fingerprint density at radius 3 is 2.54 bits per heavy atom. The first kappa shape index (κ1) is 16.9. The number of likely N-dealkylation sites (tertiary alicyclic amines) is 1. The Morgan fingerprint density at radius 1 is 1.25 bits per heavy atom. The Bertz CT molecular complexity index is 698. The normalized spacial score (nSPS) is 23.1. The maximum atomic E-state index is 12.8. The molecule has 2 N–H and O–H groups in total. The Morgan fingerprint density at radius 2 is 1.92 bits per heavy atom. The fraction of sp³-hybridized carbons (Fsp3) is 0.471. The predicted molar refractivity (Wildman–Crippen MR) is 90.6 cm³/mol. The summed E-state index contributed by atoms with van der Waals surface area (Å²) < 4.78 is 0. The van der Waals surface area contributed by atoms with Gasteiger partial charge in [-0.2, -0.15) is 0 Å². The van der Waals surface area contributed by atoms with Crippen molar-refractivity contribution in [1.82, 2.24) is 4.90 Å². The monoisotopic (exact) mass is 349 g/mol. The molecule has 0 saturated carbocycles.